The zero-order valence-corrected chi connectivity index (χ0v) is 20.2. The Kier molecular flexibility index (Phi) is 7.65. The molecule has 0 amide bonds. The fraction of sp³-hybridized carbons (Fsp3) is 0.769. The van der Waals surface area contributed by atoms with Gasteiger partial charge in [0.15, 0.2) is 0 Å². The topological polar surface area (TPSA) is 60.7 Å². The van der Waals surface area contributed by atoms with Gasteiger partial charge in [0.1, 0.15) is 0 Å². The molecule has 3 aliphatic carbocycles. The second-order valence-electron chi connectivity index (χ2n) is 11.0. The van der Waals surface area contributed by atoms with E-state index >= 15 is 0 Å². The molecule has 0 radical (unpaired) electrons. The SMILES string of the molecule is C=C1/C(=C\C=C2CCC[C@@]3(C)C2CC[C@@H]3[C@H](C)CSCC(C)(C)O)C[C@@H](O)C[C@H]1O. The van der Waals surface area contributed by atoms with Gasteiger partial charge in [0.25, 0.3) is 0 Å². The average Bonchev–Trinajstić information content (AvgIpc) is 3.00. The maximum absolute atomic E-state index is 10.1. The summed E-state index contributed by atoms with van der Waals surface area (Å²) in [4.78, 5) is 0. The highest BCUT2D eigenvalue weighted by molar-refractivity contribution is 7.99. The number of aliphatic hydroxyl groups excluding tert-OH is 2. The lowest BCUT2D eigenvalue weighted by atomic mass is 9.61. The van der Waals surface area contributed by atoms with Crippen molar-refractivity contribution in [1.82, 2.24) is 0 Å². The molecular formula is C26H42O3S. The molecule has 0 aromatic carbocycles. The molecule has 0 aliphatic heterocycles. The Bertz CT molecular complexity index is 689. The van der Waals surface area contributed by atoms with E-state index in [1.165, 1.54) is 25.7 Å². The first-order valence-corrected chi connectivity index (χ1v) is 12.9. The van der Waals surface area contributed by atoms with Gasteiger partial charge in [0.05, 0.1) is 17.8 Å². The number of rotatable bonds is 6. The summed E-state index contributed by atoms with van der Waals surface area (Å²) in [6.45, 7) is 12.8. The van der Waals surface area contributed by atoms with Crippen molar-refractivity contribution in [3.63, 3.8) is 0 Å². The minimum absolute atomic E-state index is 0.361. The summed E-state index contributed by atoms with van der Waals surface area (Å²) in [6.07, 6.45) is 10.6. The summed E-state index contributed by atoms with van der Waals surface area (Å²) in [5.41, 5.74) is 3.10. The van der Waals surface area contributed by atoms with Crippen molar-refractivity contribution < 1.29 is 15.3 Å². The summed E-state index contributed by atoms with van der Waals surface area (Å²) in [6, 6.07) is 0. The lowest BCUT2D eigenvalue weighted by Crippen LogP contribution is -2.36. The molecule has 4 heteroatoms. The zero-order valence-electron chi connectivity index (χ0n) is 19.4. The maximum Gasteiger partial charge on any atom is 0.0811 e. The molecule has 0 spiro atoms. The monoisotopic (exact) mass is 434 g/mol. The number of fused-ring (bicyclic) bond motifs is 1. The van der Waals surface area contributed by atoms with Crippen LogP contribution in [0.4, 0.5) is 0 Å². The van der Waals surface area contributed by atoms with Gasteiger partial charge in [0.2, 0.25) is 0 Å². The Hall–Kier alpha value is -0.550. The first kappa shape index (κ1) is 24.1. The molecule has 6 atom stereocenters. The van der Waals surface area contributed by atoms with E-state index < -0.39 is 17.8 Å². The molecule has 0 saturated heterocycles. The summed E-state index contributed by atoms with van der Waals surface area (Å²) < 4.78 is 0. The van der Waals surface area contributed by atoms with E-state index in [1.54, 1.807) is 5.57 Å². The van der Waals surface area contributed by atoms with E-state index in [-0.39, 0.29) is 0 Å². The Morgan fingerprint density at radius 2 is 2.00 bits per heavy atom. The molecule has 170 valence electrons. The maximum atomic E-state index is 10.1. The molecule has 3 rings (SSSR count). The van der Waals surface area contributed by atoms with Gasteiger partial charge in [-0.05, 0) is 92.4 Å². The predicted octanol–water partition coefficient (Wildman–Crippen LogP) is 5.27. The predicted molar refractivity (Wildman–Crippen MR) is 128 cm³/mol. The molecule has 0 aromatic heterocycles. The Balaban J connectivity index is 1.70. The van der Waals surface area contributed by atoms with Crippen molar-refractivity contribution in [1.29, 1.82) is 0 Å². The molecule has 0 bridgehead atoms. The molecule has 0 heterocycles. The van der Waals surface area contributed by atoms with Crippen LogP contribution in [-0.4, -0.2) is 44.6 Å². The smallest absolute Gasteiger partial charge is 0.0811 e. The zero-order chi connectivity index (χ0) is 22.1. The molecule has 1 unspecified atom stereocenters. The molecule has 0 aromatic rings. The van der Waals surface area contributed by atoms with Crippen LogP contribution in [0.2, 0.25) is 0 Å². The van der Waals surface area contributed by atoms with Crippen molar-refractivity contribution in [2.45, 2.75) is 90.4 Å². The Morgan fingerprint density at radius 1 is 1.27 bits per heavy atom. The van der Waals surface area contributed by atoms with E-state index in [9.17, 15) is 15.3 Å². The molecule has 3 saturated carbocycles. The van der Waals surface area contributed by atoms with Crippen LogP contribution in [0.5, 0.6) is 0 Å². The van der Waals surface area contributed by atoms with E-state index in [4.69, 9.17) is 0 Å². The molecule has 3 aliphatic rings. The first-order valence-electron chi connectivity index (χ1n) is 11.8. The quantitative estimate of drug-likeness (QED) is 0.533. The van der Waals surface area contributed by atoms with Gasteiger partial charge in [0, 0.05) is 12.2 Å². The Labute approximate surface area is 187 Å². The van der Waals surface area contributed by atoms with Crippen LogP contribution in [0.1, 0.15) is 72.6 Å². The average molecular weight is 435 g/mol. The summed E-state index contributed by atoms with van der Waals surface area (Å²) in [7, 11) is 0. The van der Waals surface area contributed by atoms with Crippen molar-refractivity contribution in [3.8, 4) is 0 Å². The van der Waals surface area contributed by atoms with Crippen LogP contribution in [-0.2, 0) is 0 Å². The summed E-state index contributed by atoms with van der Waals surface area (Å²) in [5.74, 6) is 3.96. The lowest BCUT2D eigenvalue weighted by Gasteiger charge is -2.44. The van der Waals surface area contributed by atoms with Gasteiger partial charge < -0.3 is 15.3 Å². The van der Waals surface area contributed by atoms with Gasteiger partial charge >= 0.3 is 0 Å². The molecular weight excluding hydrogens is 392 g/mol. The van der Waals surface area contributed by atoms with Crippen LogP contribution in [0.3, 0.4) is 0 Å². The minimum atomic E-state index is -0.617. The van der Waals surface area contributed by atoms with Crippen molar-refractivity contribution in [2.75, 3.05) is 11.5 Å². The van der Waals surface area contributed by atoms with E-state index in [1.807, 2.05) is 25.6 Å². The van der Waals surface area contributed by atoms with Crippen LogP contribution in [0, 0.1) is 23.2 Å². The number of hydrogen-bond donors (Lipinski definition) is 3. The second-order valence-corrected chi connectivity index (χ2v) is 12.0. The third-order valence-electron chi connectivity index (χ3n) is 7.83. The largest absolute Gasteiger partial charge is 0.393 e. The Morgan fingerprint density at radius 3 is 2.70 bits per heavy atom. The highest BCUT2D eigenvalue weighted by atomic mass is 32.2. The van der Waals surface area contributed by atoms with Crippen LogP contribution >= 0.6 is 11.8 Å². The highest BCUT2D eigenvalue weighted by Crippen LogP contribution is 2.59. The number of aliphatic hydroxyl groups is 3. The standard InChI is InChI=1S/C26H42O3S/c1-17(15-30-16-25(3,4)29)22-10-11-23-19(7-6-12-26(22,23)5)8-9-20-13-21(27)14-24(28)18(20)2/h8-9,17,21-24,27-29H,2,6-7,10-16H2,1,3-5H3/b19-8?,20-9-/t17-,21-,22-,23?,24-,26-/m1/s1. The van der Waals surface area contributed by atoms with Crippen LogP contribution < -0.4 is 0 Å². The van der Waals surface area contributed by atoms with E-state index in [2.05, 4.69) is 32.6 Å². The van der Waals surface area contributed by atoms with Gasteiger partial charge in [-0.15, -0.1) is 0 Å². The molecule has 3 N–H and O–H groups in total. The second kappa shape index (κ2) is 9.52. The molecule has 3 nitrogen and oxygen atoms in total. The lowest BCUT2D eigenvalue weighted by molar-refractivity contribution is 0.0861. The molecule has 3 fully saturated rings. The molecule has 30 heavy (non-hydrogen) atoms. The van der Waals surface area contributed by atoms with Crippen molar-refractivity contribution >= 4 is 11.8 Å². The van der Waals surface area contributed by atoms with Crippen molar-refractivity contribution in [2.24, 2.45) is 23.2 Å². The van der Waals surface area contributed by atoms with Gasteiger partial charge in [-0.2, -0.15) is 11.8 Å². The fourth-order valence-corrected chi connectivity index (χ4v) is 7.51. The van der Waals surface area contributed by atoms with Crippen molar-refractivity contribution in [3.05, 3.63) is 35.5 Å². The highest BCUT2D eigenvalue weighted by Gasteiger charge is 2.50. The summed E-state index contributed by atoms with van der Waals surface area (Å²) in [5, 5.41) is 30.2. The van der Waals surface area contributed by atoms with E-state index in [0.717, 1.165) is 35.0 Å². The van der Waals surface area contributed by atoms with Crippen LogP contribution in [0.15, 0.2) is 35.5 Å². The normalized spacial score (nSPS) is 38.8. The number of thioether (sulfide) groups is 1. The fourth-order valence-electron chi connectivity index (χ4n) is 6.29. The third-order valence-corrected chi connectivity index (χ3v) is 9.50. The van der Waals surface area contributed by atoms with Gasteiger partial charge in [-0.3, -0.25) is 0 Å². The number of hydrogen-bond acceptors (Lipinski definition) is 4. The minimum Gasteiger partial charge on any atom is -0.393 e. The first-order chi connectivity index (χ1) is 14.0. The third kappa shape index (κ3) is 5.43. The van der Waals surface area contributed by atoms with E-state index in [0.29, 0.717) is 30.1 Å². The van der Waals surface area contributed by atoms with Gasteiger partial charge in [-0.1, -0.05) is 38.2 Å². The summed E-state index contributed by atoms with van der Waals surface area (Å²) >= 11 is 1.89. The van der Waals surface area contributed by atoms with Gasteiger partial charge in [-0.25, -0.2) is 0 Å². The van der Waals surface area contributed by atoms with Crippen LogP contribution in [0.25, 0.3) is 0 Å². The number of allylic oxidation sites excluding steroid dienone is 3.